The van der Waals surface area contributed by atoms with Crippen molar-refractivity contribution in [3.05, 3.63) is 235 Å². The van der Waals surface area contributed by atoms with Gasteiger partial charge in [0, 0.05) is 129 Å². The molecule has 2 fully saturated rings. The van der Waals surface area contributed by atoms with E-state index >= 15 is 0 Å². The smallest absolute Gasteiger partial charge is 0.274 e. The molecule has 6 N–H and O–H groups in total. The Morgan fingerprint density at radius 3 is 1.22 bits per heavy atom. The lowest BCUT2D eigenvalue weighted by Gasteiger charge is -2.35. The first-order valence-electron chi connectivity index (χ1n) is 35.5. The van der Waals surface area contributed by atoms with Crippen molar-refractivity contribution in [3.63, 3.8) is 0 Å². The van der Waals surface area contributed by atoms with Gasteiger partial charge in [0.1, 0.15) is 45.9 Å². The van der Waals surface area contributed by atoms with E-state index in [0.717, 1.165) is 90.0 Å². The van der Waals surface area contributed by atoms with Crippen LogP contribution >= 0.6 is 0 Å². The van der Waals surface area contributed by atoms with Crippen LogP contribution in [0.1, 0.15) is 104 Å². The van der Waals surface area contributed by atoms with Crippen molar-refractivity contribution < 1.29 is 37.5 Å². The van der Waals surface area contributed by atoms with Gasteiger partial charge in [-0.05, 0) is 206 Å². The number of aliphatic hydroxyl groups excluding tert-OH is 1. The third kappa shape index (κ3) is 17.9. The number of nitrogens with one attached hydrogen (secondary N) is 5. The Balaban J connectivity index is 0.000000151. The van der Waals surface area contributed by atoms with Gasteiger partial charge in [-0.2, -0.15) is 0 Å². The van der Waals surface area contributed by atoms with Crippen LogP contribution in [0, 0.1) is 17.5 Å². The minimum absolute atomic E-state index is 0.0787. The summed E-state index contributed by atoms with van der Waals surface area (Å²) in [4.78, 5) is 92.7. The highest BCUT2D eigenvalue weighted by molar-refractivity contribution is 6.05. The van der Waals surface area contributed by atoms with E-state index < -0.39 is 0 Å². The second kappa shape index (κ2) is 33.7. The summed E-state index contributed by atoms with van der Waals surface area (Å²) in [5.74, 6) is -0.737. The summed E-state index contributed by atoms with van der Waals surface area (Å²) in [6.45, 7) is 20.9. The van der Waals surface area contributed by atoms with E-state index in [-0.39, 0.29) is 71.5 Å². The van der Waals surface area contributed by atoms with E-state index in [1.54, 1.807) is 86.6 Å². The number of likely N-dealkylation sites (N-methyl/N-ethyl adjacent to an activating group) is 1. The molecule has 8 heterocycles. The first-order chi connectivity index (χ1) is 51.6. The molecule has 23 nitrogen and oxygen atoms in total. The average molecular weight is 1450 g/mol. The summed E-state index contributed by atoms with van der Waals surface area (Å²) in [5.41, 5.74) is 13.3. The number of benzene rings is 6. The lowest BCUT2D eigenvalue weighted by molar-refractivity contribution is -0.129. The van der Waals surface area contributed by atoms with Gasteiger partial charge in [-0.15, -0.1) is 0 Å². The summed E-state index contributed by atoms with van der Waals surface area (Å²) in [6, 6.07) is 47.0. The van der Waals surface area contributed by atoms with Gasteiger partial charge in [-0.3, -0.25) is 19.2 Å². The molecule has 6 aromatic heterocycles. The molecule has 12 aromatic rings. The van der Waals surface area contributed by atoms with Gasteiger partial charge in [0.25, 0.3) is 17.7 Å². The van der Waals surface area contributed by atoms with Crippen LogP contribution < -0.4 is 25.8 Å². The van der Waals surface area contributed by atoms with Gasteiger partial charge >= 0.3 is 0 Å². The zero-order valence-corrected chi connectivity index (χ0v) is 60.8. The summed E-state index contributed by atoms with van der Waals surface area (Å²) in [7, 11) is 2.14. The number of H-pyrrole nitrogens is 2. The highest BCUT2D eigenvalue weighted by Gasteiger charge is 2.26. The first kappa shape index (κ1) is 74.4. The van der Waals surface area contributed by atoms with E-state index in [2.05, 4.69) is 77.6 Å². The van der Waals surface area contributed by atoms with Crippen LogP contribution in [0.5, 0.6) is 0 Å². The number of aliphatic hydroxyl groups is 1. The SMILES string of the molecule is CC(=O)N1CCN(c2ccc(NC(=O)c3cnc(-c4c(-c5ccc(F)cc5)ncn4C(C)C)[nH]3)cc2)CC1.CC(C)n1cnc(-c2ccc(F)cc2)c1-c1cccc(C(=O)Nc2ccc(CCO)cc2)n1.CC(C)n1cnc(-c2ccc(F)cc2)c1-c1ncc(C(=O)Nc2ccc(N3CCN(C)CC3)cc2)[nH]1. The van der Waals surface area contributed by atoms with E-state index in [1.807, 2.05) is 127 Å². The molecular weight excluding hydrogens is 1360 g/mol. The lowest BCUT2D eigenvalue weighted by atomic mass is 10.1. The summed E-state index contributed by atoms with van der Waals surface area (Å²) in [5, 5.41) is 17.8. The van der Waals surface area contributed by atoms with Crippen molar-refractivity contribution >= 4 is 52.1 Å². The first-order valence-corrected chi connectivity index (χ1v) is 35.5. The van der Waals surface area contributed by atoms with Crippen molar-refractivity contribution in [1.29, 1.82) is 0 Å². The highest BCUT2D eigenvalue weighted by atomic mass is 19.1. The Hall–Kier alpha value is -12.3. The fourth-order valence-corrected chi connectivity index (χ4v) is 12.6. The van der Waals surface area contributed by atoms with Crippen LogP contribution in [0.4, 0.5) is 41.6 Å². The number of hydrogen-bond donors (Lipinski definition) is 6. The van der Waals surface area contributed by atoms with Crippen LogP contribution in [0.15, 0.2) is 195 Å². The Kier molecular flexibility index (Phi) is 23.4. The van der Waals surface area contributed by atoms with Crippen molar-refractivity contribution in [2.24, 2.45) is 0 Å². The molecule has 550 valence electrons. The Bertz CT molecular complexity index is 5010. The topological polar surface area (TPSA) is 261 Å². The summed E-state index contributed by atoms with van der Waals surface area (Å²) in [6.07, 6.45) is 8.79. The molecule has 0 saturated carbocycles. The molecule has 107 heavy (non-hydrogen) atoms. The van der Waals surface area contributed by atoms with Crippen LogP contribution in [-0.2, 0) is 11.2 Å². The molecular formula is C81H85F3N18O5. The number of aromatic amines is 2. The van der Waals surface area contributed by atoms with Gasteiger partial charge in [0.2, 0.25) is 5.91 Å². The Morgan fingerprint density at radius 2 is 0.832 bits per heavy atom. The Morgan fingerprint density at radius 1 is 0.458 bits per heavy atom. The molecule has 0 unspecified atom stereocenters. The monoisotopic (exact) mass is 1450 g/mol. The molecule has 2 aliphatic rings. The van der Waals surface area contributed by atoms with Crippen LogP contribution in [0.2, 0.25) is 0 Å². The number of carbonyl (C=O) groups excluding carboxylic acids is 4. The van der Waals surface area contributed by atoms with E-state index in [4.69, 9.17) is 5.11 Å². The second-order valence-corrected chi connectivity index (χ2v) is 27.0. The summed E-state index contributed by atoms with van der Waals surface area (Å²) < 4.78 is 46.3. The number of pyridine rings is 1. The molecule has 0 aliphatic carbocycles. The number of amides is 4. The van der Waals surface area contributed by atoms with E-state index in [1.165, 1.54) is 48.8 Å². The third-order valence-electron chi connectivity index (χ3n) is 18.5. The second-order valence-electron chi connectivity index (χ2n) is 27.0. The molecule has 4 amide bonds. The number of rotatable bonds is 19. The fourth-order valence-electron chi connectivity index (χ4n) is 12.6. The maximum absolute atomic E-state index is 13.5. The zero-order chi connectivity index (χ0) is 75.4. The van der Waals surface area contributed by atoms with Crippen LogP contribution in [-0.4, -0.2) is 158 Å². The van der Waals surface area contributed by atoms with Crippen LogP contribution in [0.25, 0.3) is 68.2 Å². The van der Waals surface area contributed by atoms with Gasteiger partial charge < -0.3 is 64.3 Å². The van der Waals surface area contributed by atoms with Crippen LogP contribution in [0.3, 0.4) is 0 Å². The quantitative estimate of drug-likeness (QED) is 0.0440. The number of anilines is 5. The number of nitrogens with zero attached hydrogens (tertiary/aromatic N) is 13. The van der Waals surface area contributed by atoms with Crippen molar-refractivity contribution in [2.75, 3.05) is 91.8 Å². The molecule has 14 rings (SSSR count). The predicted octanol–water partition coefficient (Wildman–Crippen LogP) is 14.4. The largest absolute Gasteiger partial charge is 0.396 e. The van der Waals surface area contributed by atoms with Gasteiger partial charge in [0.05, 0.1) is 59.8 Å². The molecule has 0 atom stereocenters. The average Bonchev–Trinajstić information content (AvgIpc) is 1.67. The zero-order valence-electron chi connectivity index (χ0n) is 60.8. The van der Waals surface area contributed by atoms with Crippen molar-refractivity contribution in [2.45, 2.75) is 73.0 Å². The fraction of sp³-hybridized carbons (Fsp3) is 0.259. The van der Waals surface area contributed by atoms with Crippen molar-refractivity contribution in [1.82, 2.24) is 63.4 Å². The third-order valence-corrected chi connectivity index (χ3v) is 18.5. The molecule has 2 saturated heterocycles. The maximum Gasteiger partial charge on any atom is 0.274 e. The number of carbonyl (C=O) groups is 4. The summed E-state index contributed by atoms with van der Waals surface area (Å²) >= 11 is 0. The number of piperazine rings is 2. The molecule has 0 radical (unpaired) electrons. The Labute approximate surface area is 618 Å². The number of halogens is 3. The van der Waals surface area contributed by atoms with Gasteiger partial charge in [-0.1, -0.05) is 18.2 Å². The molecule has 0 spiro atoms. The maximum atomic E-state index is 13.5. The molecule has 6 aromatic carbocycles. The standard InChI is InChI=1S/C28H30FN7O2.C27H30FN7O.C26H25FN4O2/c1-18(2)36-17-31-25(20-4-6-21(29)7-5-20)26(36)27-30-16-24(33-27)28(38)32-22-8-10-23(11-9-22)35-14-12-34(13-15-35)19(3)37;1-18(2)35-17-30-24(19-4-6-20(28)7-5-19)25(35)26-29-16-23(32-26)27(36)31-21-8-10-22(11-9-21)34-14-12-33(3)13-15-34;1-17(2)31-16-28-24(19-8-10-20(27)11-9-19)25(31)22-4-3-5-23(30-22)26(33)29-21-12-6-18(7-13-21)14-15-32/h4-11,16-18H,12-15H2,1-3H3,(H,30,33)(H,32,38);4-11,16-18H,12-15H2,1-3H3,(H,29,32)(H,31,36);3-13,16-17,32H,14-15H2,1-2H3,(H,29,33). The molecule has 0 bridgehead atoms. The number of imidazole rings is 5. The molecule has 26 heteroatoms. The minimum atomic E-state index is -0.328. The number of hydrogen-bond acceptors (Lipinski definition) is 14. The minimum Gasteiger partial charge on any atom is -0.396 e. The van der Waals surface area contributed by atoms with Gasteiger partial charge in [-0.25, -0.2) is 43.1 Å². The normalized spacial score (nSPS) is 13.1. The highest BCUT2D eigenvalue weighted by Crippen LogP contribution is 2.36. The predicted molar refractivity (Wildman–Crippen MR) is 411 cm³/mol. The van der Waals surface area contributed by atoms with Crippen molar-refractivity contribution in [3.8, 4) is 68.2 Å². The van der Waals surface area contributed by atoms with E-state index in [9.17, 15) is 32.3 Å². The molecule has 2 aliphatic heterocycles. The van der Waals surface area contributed by atoms with Gasteiger partial charge in [0.15, 0.2) is 11.6 Å². The van der Waals surface area contributed by atoms with E-state index in [0.29, 0.717) is 82.4 Å². The number of aromatic nitrogens is 11. The lowest BCUT2D eigenvalue weighted by Crippen LogP contribution is -2.48.